The number of carbonyl (C=O) groups excluding carboxylic acids is 2. The van der Waals surface area contributed by atoms with Crippen molar-refractivity contribution in [2.24, 2.45) is 5.92 Å². The zero-order chi connectivity index (χ0) is 22.8. The van der Waals surface area contributed by atoms with Gasteiger partial charge < -0.3 is 9.47 Å². The first-order valence-electron chi connectivity index (χ1n) is 10.6. The molecule has 0 saturated carbocycles. The second-order valence-electron chi connectivity index (χ2n) is 7.87. The molecule has 0 radical (unpaired) electrons. The molecule has 7 heteroatoms. The van der Waals surface area contributed by atoms with E-state index in [9.17, 15) is 9.59 Å². The zero-order valence-electron chi connectivity index (χ0n) is 18.2. The predicted molar refractivity (Wildman–Crippen MR) is 122 cm³/mol. The van der Waals surface area contributed by atoms with Crippen molar-refractivity contribution in [3.63, 3.8) is 0 Å². The molecule has 1 aliphatic rings. The second-order valence-corrected chi connectivity index (χ2v) is 8.23. The Morgan fingerprint density at radius 3 is 2.53 bits per heavy atom. The number of halogens is 1. The lowest BCUT2D eigenvalue weighted by molar-refractivity contribution is -0.149. The van der Waals surface area contributed by atoms with Gasteiger partial charge in [0, 0.05) is 17.3 Å². The van der Waals surface area contributed by atoms with Gasteiger partial charge >= 0.3 is 11.9 Å². The molecule has 6 nitrogen and oxygen atoms in total. The number of pyridine rings is 1. The van der Waals surface area contributed by atoms with Gasteiger partial charge in [-0.15, -0.1) is 0 Å². The molecule has 1 aromatic heterocycles. The van der Waals surface area contributed by atoms with E-state index in [1.54, 1.807) is 6.92 Å². The number of esters is 2. The molecule has 32 heavy (non-hydrogen) atoms. The van der Waals surface area contributed by atoms with Crippen molar-refractivity contribution in [2.75, 3.05) is 13.7 Å². The van der Waals surface area contributed by atoms with E-state index < -0.39 is 35.9 Å². The quantitative estimate of drug-likeness (QED) is 0.458. The summed E-state index contributed by atoms with van der Waals surface area (Å²) in [4.78, 5) is 30.7. The highest BCUT2D eigenvalue weighted by Gasteiger charge is 2.52. The van der Waals surface area contributed by atoms with Gasteiger partial charge in [-0.3, -0.25) is 14.9 Å². The summed E-state index contributed by atoms with van der Waals surface area (Å²) in [6.45, 7) is 3.96. The predicted octanol–water partition coefficient (Wildman–Crippen LogP) is 4.35. The number of methoxy groups -OCH3 is 1. The Kier molecular flexibility index (Phi) is 6.44. The molecule has 1 fully saturated rings. The van der Waals surface area contributed by atoms with Gasteiger partial charge in [0.2, 0.25) is 0 Å². The topological polar surface area (TPSA) is 77.5 Å². The number of rotatable bonds is 5. The number of ether oxygens (including phenoxy) is 2. The molecule has 166 valence electrons. The summed E-state index contributed by atoms with van der Waals surface area (Å²) in [5.41, 5.74) is 3.27. The summed E-state index contributed by atoms with van der Waals surface area (Å²) >= 11 is 6.67. The van der Waals surface area contributed by atoms with Crippen LogP contribution in [0, 0.1) is 12.8 Å². The Hall–Kier alpha value is -2.96. The zero-order valence-corrected chi connectivity index (χ0v) is 18.9. The minimum atomic E-state index is -0.791. The van der Waals surface area contributed by atoms with Crippen molar-refractivity contribution in [1.82, 2.24) is 10.3 Å². The number of hydrogen-bond acceptors (Lipinski definition) is 6. The van der Waals surface area contributed by atoms with Crippen LogP contribution in [0.5, 0.6) is 0 Å². The van der Waals surface area contributed by atoms with Crippen LogP contribution in [0.3, 0.4) is 0 Å². The van der Waals surface area contributed by atoms with E-state index in [0.717, 1.165) is 22.0 Å². The lowest BCUT2D eigenvalue weighted by Crippen LogP contribution is -2.37. The first-order chi connectivity index (χ1) is 15.5. The Balaban J connectivity index is 1.91. The fourth-order valence-electron chi connectivity index (χ4n) is 4.59. The average Bonchev–Trinajstić information content (AvgIpc) is 3.20. The molecule has 3 aromatic rings. The maximum Gasteiger partial charge on any atom is 0.323 e. The SMILES string of the molecule is CCOC(=O)[C@H]1[C@H](c2cc3cccc(C)c3nc2Cl)[C@@H](C(=O)OC)N[C@H]1c1ccccc1. The van der Waals surface area contributed by atoms with Crippen LogP contribution in [0.1, 0.15) is 35.6 Å². The van der Waals surface area contributed by atoms with Crippen LogP contribution in [0.25, 0.3) is 10.9 Å². The maximum atomic E-state index is 13.2. The molecule has 2 aromatic carbocycles. The Bertz CT molecular complexity index is 1150. The number of benzene rings is 2. The number of para-hydroxylation sites is 1. The highest BCUT2D eigenvalue weighted by atomic mass is 35.5. The van der Waals surface area contributed by atoms with E-state index in [2.05, 4.69) is 10.3 Å². The maximum absolute atomic E-state index is 13.2. The van der Waals surface area contributed by atoms with Crippen molar-refractivity contribution in [3.8, 4) is 0 Å². The third kappa shape index (κ3) is 3.96. The van der Waals surface area contributed by atoms with E-state index in [-0.39, 0.29) is 11.8 Å². The molecule has 0 bridgehead atoms. The van der Waals surface area contributed by atoms with Gasteiger partial charge in [0.25, 0.3) is 0 Å². The number of fused-ring (bicyclic) bond motifs is 1. The van der Waals surface area contributed by atoms with Gasteiger partial charge in [-0.2, -0.15) is 0 Å². The molecule has 0 amide bonds. The van der Waals surface area contributed by atoms with E-state index in [4.69, 9.17) is 21.1 Å². The standard InChI is InChI=1S/C25H25ClN2O4/c1-4-32-24(29)19-18(17-13-16-12-8-9-14(2)20(16)28-23(17)26)22(25(30)31-3)27-21(19)15-10-6-5-7-11-15/h5-13,18-19,21-22,27H,4H2,1-3H3/t18-,19-,21-,22-/m0/s1. The van der Waals surface area contributed by atoms with Gasteiger partial charge in [0.1, 0.15) is 11.2 Å². The smallest absolute Gasteiger partial charge is 0.323 e. The van der Waals surface area contributed by atoms with Crippen LogP contribution < -0.4 is 5.32 Å². The van der Waals surface area contributed by atoms with Crippen LogP contribution in [0.2, 0.25) is 5.15 Å². The summed E-state index contributed by atoms with van der Waals surface area (Å²) < 4.78 is 10.5. The number of aryl methyl sites for hydroxylation is 1. The fraction of sp³-hybridized carbons (Fsp3) is 0.320. The highest BCUT2D eigenvalue weighted by Crippen LogP contribution is 2.46. The van der Waals surface area contributed by atoms with Gasteiger partial charge in [-0.05, 0) is 36.6 Å². The first-order valence-corrected chi connectivity index (χ1v) is 10.9. The van der Waals surface area contributed by atoms with Crippen LogP contribution in [-0.2, 0) is 19.1 Å². The first kappa shape index (κ1) is 22.2. The van der Waals surface area contributed by atoms with Gasteiger partial charge in [0.05, 0.1) is 25.2 Å². The Labute approximate surface area is 191 Å². The van der Waals surface area contributed by atoms with Crippen molar-refractivity contribution in [2.45, 2.75) is 31.8 Å². The summed E-state index contributed by atoms with van der Waals surface area (Å²) in [5.74, 6) is -2.17. The van der Waals surface area contributed by atoms with Crippen LogP contribution in [-0.4, -0.2) is 36.7 Å². The lowest BCUT2D eigenvalue weighted by atomic mass is 9.80. The number of nitrogens with zero attached hydrogens (tertiary/aromatic N) is 1. The number of carbonyl (C=O) groups is 2. The van der Waals surface area contributed by atoms with E-state index in [1.807, 2.05) is 61.5 Å². The summed E-state index contributed by atoms with van der Waals surface area (Å²) in [6.07, 6.45) is 0. The molecule has 0 unspecified atom stereocenters. The summed E-state index contributed by atoms with van der Waals surface area (Å²) in [7, 11) is 1.33. The fourth-order valence-corrected chi connectivity index (χ4v) is 4.85. The molecule has 2 heterocycles. The van der Waals surface area contributed by atoms with E-state index in [0.29, 0.717) is 5.56 Å². The van der Waals surface area contributed by atoms with E-state index >= 15 is 0 Å². The number of nitrogens with one attached hydrogen (secondary N) is 1. The molecular weight excluding hydrogens is 428 g/mol. The van der Waals surface area contributed by atoms with E-state index in [1.165, 1.54) is 7.11 Å². The lowest BCUT2D eigenvalue weighted by Gasteiger charge is -2.25. The normalized spacial score (nSPS) is 22.6. The highest BCUT2D eigenvalue weighted by molar-refractivity contribution is 6.30. The van der Waals surface area contributed by atoms with Gasteiger partial charge in [0.15, 0.2) is 0 Å². The summed E-state index contributed by atoms with van der Waals surface area (Å²) in [6, 6.07) is 16.1. The largest absolute Gasteiger partial charge is 0.468 e. The molecule has 1 aliphatic heterocycles. The third-order valence-corrected chi connectivity index (χ3v) is 6.33. The van der Waals surface area contributed by atoms with Crippen molar-refractivity contribution in [3.05, 3.63) is 76.4 Å². The Morgan fingerprint density at radius 1 is 1.09 bits per heavy atom. The number of hydrogen-bond donors (Lipinski definition) is 1. The minimum absolute atomic E-state index is 0.231. The second kappa shape index (κ2) is 9.27. The van der Waals surface area contributed by atoms with Crippen molar-refractivity contribution >= 4 is 34.4 Å². The molecular formula is C25H25ClN2O4. The van der Waals surface area contributed by atoms with Crippen LogP contribution in [0.15, 0.2) is 54.6 Å². The molecule has 1 saturated heterocycles. The summed E-state index contributed by atoms with van der Waals surface area (Å²) in [5, 5.41) is 4.47. The molecule has 0 aliphatic carbocycles. The third-order valence-electron chi connectivity index (χ3n) is 6.02. The molecule has 4 rings (SSSR count). The van der Waals surface area contributed by atoms with Gasteiger partial charge in [-0.1, -0.05) is 60.1 Å². The molecule has 4 atom stereocenters. The van der Waals surface area contributed by atoms with Crippen molar-refractivity contribution < 1.29 is 19.1 Å². The Morgan fingerprint density at radius 2 is 1.84 bits per heavy atom. The van der Waals surface area contributed by atoms with Crippen molar-refractivity contribution in [1.29, 1.82) is 0 Å². The monoisotopic (exact) mass is 452 g/mol. The number of aromatic nitrogens is 1. The molecule has 1 N–H and O–H groups in total. The minimum Gasteiger partial charge on any atom is -0.468 e. The van der Waals surface area contributed by atoms with Crippen LogP contribution in [0.4, 0.5) is 0 Å². The average molecular weight is 453 g/mol. The van der Waals surface area contributed by atoms with Gasteiger partial charge in [-0.25, -0.2) is 4.98 Å². The molecule has 0 spiro atoms. The van der Waals surface area contributed by atoms with Crippen LogP contribution >= 0.6 is 11.6 Å².